The lowest BCUT2D eigenvalue weighted by molar-refractivity contribution is 0.130. The van der Waals surface area contributed by atoms with Gasteiger partial charge in [-0.3, -0.25) is 15.1 Å². The van der Waals surface area contributed by atoms with Gasteiger partial charge in [0.25, 0.3) is 0 Å². The van der Waals surface area contributed by atoms with Crippen molar-refractivity contribution >= 4 is 23.4 Å². The molecule has 9 rings (SSSR count). The summed E-state index contributed by atoms with van der Waals surface area (Å²) in [6.45, 7) is 5.44. The Morgan fingerprint density at radius 2 is 1.37 bits per heavy atom. The molecule has 12 heteroatoms. The lowest BCUT2D eigenvalue weighted by Crippen LogP contribution is -2.34. The van der Waals surface area contributed by atoms with Crippen molar-refractivity contribution in [2.75, 3.05) is 60.9 Å². The summed E-state index contributed by atoms with van der Waals surface area (Å²) in [6.07, 6.45) is 2.77. The Labute approximate surface area is 358 Å². The smallest absolute Gasteiger partial charge is 0.411 e. The highest BCUT2D eigenvalue weighted by atomic mass is 35.5. The molecule has 0 spiro atoms. The average Bonchev–Trinajstić information content (AvgIpc) is 3.23. The molecule has 5 aromatic carbocycles. The number of anilines is 1. The maximum atomic E-state index is 11.2. The number of benzene rings is 5. The van der Waals surface area contributed by atoms with Crippen molar-refractivity contribution in [3.8, 4) is 46.0 Å². The number of nitrogens with zero attached hydrogens (tertiary/aromatic N) is 2. The van der Waals surface area contributed by atoms with Crippen LogP contribution >= 0.6 is 11.6 Å². The molecule has 0 fully saturated rings. The van der Waals surface area contributed by atoms with Crippen molar-refractivity contribution in [3.05, 3.63) is 123 Å². The summed E-state index contributed by atoms with van der Waals surface area (Å²) in [5.41, 5.74) is 7.78. The number of fused-ring (bicyclic) bond motifs is 2. The fourth-order valence-corrected chi connectivity index (χ4v) is 8.39. The van der Waals surface area contributed by atoms with E-state index in [0.29, 0.717) is 51.0 Å². The molecule has 0 radical (unpaired) electrons. The van der Waals surface area contributed by atoms with E-state index in [2.05, 4.69) is 71.7 Å². The van der Waals surface area contributed by atoms with Crippen LogP contribution < -0.4 is 33.7 Å². The van der Waals surface area contributed by atoms with Crippen LogP contribution in [0.2, 0.25) is 5.02 Å². The van der Waals surface area contributed by atoms with Gasteiger partial charge in [-0.1, -0.05) is 35.9 Å². The van der Waals surface area contributed by atoms with E-state index >= 15 is 0 Å². The normalized spacial score (nSPS) is 17.0. The zero-order valence-corrected chi connectivity index (χ0v) is 36.4. The standard InChI is InChI=1S/C38H42N2O6.C10H12ClNO2/c1-39-15-13-25-20-32(42-4)34-22-28(25)29(39)17-23-7-10-27(11-8-23)45-33-19-24(9-12-31(33)41-3)18-30-36-26(14-16-40(30)2)21-35(43-5)37(44-6)38(36)46-34;1-7(2)14-10(13)12-9-5-3-4-8(11)6-9/h7-12,19-22,29-30H,13-18H2,1-6H3;3-7H,1-2H3,(H,12,13). The highest BCUT2D eigenvalue weighted by Gasteiger charge is 2.35. The molecule has 1 N–H and O–H groups in total. The van der Waals surface area contributed by atoms with Crippen LogP contribution in [0.1, 0.15) is 59.3 Å². The van der Waals surface area contributed by atoms with Gasteiger partial charge in [0.15, 0.2) is 34.5 Å². The van der Waals surface area contributed by atoms with E-state index in [1.54, 1.807) is 66.6 Å². The highest BCUT2D eigenvalue weighted by Crippen LogP contribution is 2.52. The zero-order valence-electron chi connectivity index (χ0n) is 35.6. The van der Waals surface area contributed by atoms with E-state index in [1.165, 1.54) is 22.3 Å². The number of methoxy groups -OCH3 is 4. The second-order valence-electron chi connectivity index (χ2n) is 15.5. The summed E-state index contributed by atoms with van der Waals surface area (Å²) >= 11 is 5.74. The van der Waals surface area contributed by atoms with Crippen molar-refractivity contribution in [3.63, 3.8) is 0 Å². The van der Waals surface area contributed by atoms with Crippen molar-refractivity contribution in [2.45, 2.75) is 57.7 Å². The molecule has 60 heavy (non-hydrogen) atoms. The van der Waals surface area contributed by atoms with Crippen LogP contribution in [-0.4, -0.2) is 77.6 Å². The molecule has 0 aliphatic carbocycles. The Morgan fingerprint density at radius 3 is 2.05 bits per heavy atom. The maximum Gasteiger partial charge on any atom is 0.411 e. The van der Waals surface area contributed by atoms with E-state index in [-0.39, 0.29) is 18.2 Å². The number of amides is 1. The van der Waals surface area contributed by atoms with E-state index < -0.39 is 6.09 Å². The van der Waals surface area contributed by atoms with Gasteiger partial charge in [0, 0.05) is 41.4 Å². The number of carbonyl (C=O) groups excluding carboxylic acids is 1. The summed E-state index contributed by atoms with van der Waals surface area (Å²) in [5.74, 6) is 5.41. The van der Waals surface area contributed by atoms with Crippen molar-refractivity contribution in [1.29, 1.82) is 0 Å². The first-order valence-electron chi connectivity index (χ1n) is 20.2. The summed E-state index contributed by atoms with van der Waals surface area (Å²) in [4.78, 5) is 16.0. The van der Waals surface area contributed by atoms with Crippen LogP contribution in [0.25, 0.3) is 0 Å². The quantitative estimate of drug-likeness (QED) is 0.178. The second-order valence-corrected chi connectivity index (χ2v) is 16.0. The minimum absolute atomic E-state index is 0.000437. The van der Waals surface area contributed by atoms with Crippen LogP contribution in [0.15, 0.2) is 84.9 Å². The molecule has 4 heterocycles. The monoisotopic (exact) mass is 835 g/mol. The predicted octanol–water partition coefficient (Wildman–Crippen LogP) is 10.5. The molecule has 316 valence electrons. The molecule has 11 nitrogen and oxygen atoms in total. The number of likely N-dealkylation sites (N-methyl/N-ethyl adjacent to an activating group) is 2. The largest absolute Gasteiger partial charge is 0.493 e. The first-order valence-corrected chi connectivity index (χ1v) is 20.6. The lowest BCUT2D eigenvalue weighted by atomic mass is 9.87. The van der Waals surface area contributed by atoms with Crippen LogP contribution in [0.5, 0.6) is 46.0 Å². The number of halogens is 1. The molecule has 4 aliphatic heterocycles. The van der Waals surface area contributed by atoms with Gasteiger partial charge in [0.05, 0.1) is 34.5 Å². The Kier molecular flexibility index (Phi) is 13.3. The molecule has 5 aromatic rings. The number of ether oxygens (including phenoxy) is 7. The fourth-order valence-electron chi connectivity index (χ4n) is 8.20. The van der Waals surface area contributed by atoms with Gasteiger partial charge in [-0.05, 0) is 142 Å². The molecule has 0 saturated carbocycles. The molecule has 2 atom stereocenters. The third-order valence-corrected chi connectivity index (χ3v) is 11.5. The van der Waals surface area contributed by atoms with Gasteiger partial charge in [0.1, 0.15) is 5.75 Å². The van der Waals surface area contributed by atoms with Crippen LogP contribution in [0, 0.1) is 0 Å². The van der Waals surface area contributed by atoms with Crippen molar-refractivity contribution in [1.82, 2.24) is 9.80 Å². The predicted molar refractivity (Wildman–Crippen MR) is 234 cm³/mol. The van der Waals surface area contributed by atoms with Crippen LogP contribution in [0.4, 0.5) is 10.5 Å². The Morgan fingerprint density at radius 1 is 0.717 bits per heavy atom. The summed E-state index contributed by atoms with van der Waals surface area (Å²) in [6, 6.07) is 28.1. The van der Waals surface area contributed by atoms with Gasteiger partial charge in [-0.2, -0.15) is 0 Å². The first-order chi connectivity index (χ1) is 29.0. The average molecular weight is 836 g/mol. The maximum absolute atomic E-state index is 11.2. The second kappa shape index (κ2) is 18.8. The molecular weight excluding hydrogens is 782 g/mol. The third kappa shape index (κ3) is 9.39. The Bertz CT molecular complexity index is 2320. The number of hydrogen-bond acceptors (Lipinski definition) is 10. The van der Waals surface area contributed by atoms with E-state index in [9.17, 15) is 4.79 Å². The molecule has 1 amide bonds. The van der Waals surface area contributed by atoms with Gasteiger partial charge >= 0.3 is 6.09 Å². The number of hydrogen-bond donors (Lipinski definition) is 1. The van der Waals surface area contributed by atoms with E-state index in [1.807, 2.05) is 18.2 Å². The zero-order chi connectivity index (χ0) is 42.5. The van der Waals surface area contributed by atoms with Crippen molar-refractivity contribution < 1.29 is 38.0 Å². The molecular formula is C48H54ClN3O8. The topological polar surface area (TPSA) is 100 Å². The van der Waals surface area contributed by atoms with Gasteiger partial charge in [0.2, 0.25) is 5.75 Å². The van der Waals surface area contributed by atoms with Gasteiger partial charge < -0.3 is 33.2 Å². The lowest BCUT2D eigenvalue weighted by Gasteiger charge is -2.37. The number of carbonyl (C=O) groups is 1. The summed E-state index contributed by atoms with van der Waals surface area (Å²) in [5, 5.41) is 3.14. The molecule has 6 bridgehead atoms. The van der Waals surface area contributed by atoms with Gasteiger partial charge in [-0.15, -0.1) is 0 Å². The van der Waals surface area contributed by atoms with E-state index in [4.69, 9.17) is 44.8 Å². The highest BCUT2D eigenvalue weighted by molar-refractivity contribution is 6.30. The van der Waals surface area contributed by atoms with Crippen molar-refractivity contribution in [2.24, 2.45) is 0 Å². The van der Waals surface area contributed by atoms with E-state index in [0.717, 1.165) is 55.6 Å². The molecule has 0 saturated heterocycles. The Balaban J connectivity index is 0.000000332. The van der Waals surface area contributed by atoms with Gasteiger partial charge in [-0.25, -0.2) is 4.79 Å². The SMILES string of the molecule is CC(C)OC(=O)Nc1cccc(Cl)c1.COc1ccc2cc1Oc1ccc(cc1)CC1c3cc(c(OC)cc3CCN1C)Oc1c(OC)c(OC)cc3c1C(C2)N(C)CC3. The third-order valence-electron chi connectivity index (χ3n) is 11.3. The molecule has 0 aromatic heterocycles. The minimum Gasteiger partial charge on any atom is -0.493 e. The number of rotatable bonds is 6. The minimum atomic E-state index is -0.470. The summed E-state index contributed by atoms with van der Waals surface area (Å²) in [7, 11) is 11.1. The Hall–Kier alpha value is -5.62. The molecule has 4 aliphatic rings. The first kappa shape index (κ1) is 42.5. The summed E-state index contributed by atoms with van der Waals surface area (Å²) < 4.78 is 42.0. The fraction of sp³-hybridized carbons (Fsp3) is 0.354. The molecule has 2 unspecified atom stereocenters. The number of nitrogens with one attached hydrogen (secondary N) is 1. The van der Waals surface area contributed by atoms with Crippen LogP contribution in [0.3, 0.4) is 0 Å². The van der Waals surface area contributed by atoms with Crippen LogP contribution in [-0.2, 0) is 30.4 Å².